The fourth-order valence-electron chi connectivity index (χ4n) is 4.47. The van der Waals surface area contributed by atoms with Crippen LogP contribution in [0.25, 0.3) is 6.08 Å². The second kappa shape index (κ2) is 12.2. The van der Waals surface area contributed by atoms with E-state index in [9.17, 15) is 19.8 Å². The lowest BCUT2D eigenvalue weighted by Gasteiger charge is -2.35. The molecule has 1 aromatic rings. The average molecular weight is 503 g/mol. The molecule has 1 aliphatic heterocycles. The van der Waals surface area contributed by atoms with Crippen LogP contribution in [-0.4, -0.2) is 57.6 Å². The van der Waals surface area contributed by atoms with Crippen molar-refractivity contribution in [3.8, 4) is 0 Å². The number of aliphatic hydroxyl groups is 2. The Balaban J connectivity index is 2.44. The van der Waals surface area contributed by atoms with Crippen molar-refractivity contribution in [2.45, 2.75) is 73.5 Å². The van der Waals surface area contributed by atoms with Crippen molar-refractivity contribution in [1.29, 1.82) is 0 Å². The highest BCUT2D eigenvalue weighted by Crippen LogP contribution is 2.32. The smallest absolute Gasteiger partial charge is 0.224 e. The molecule has 0 fully saturated rings. The Hall–Kier alpha value is -2.09. The molecule has 7 heteroatoms. The summed E-state index contributed by atoms with van der Waals surface area (Å²) in [7, 11) is 1.73. The summed E-state index contributed by atoms with van der Waals surface area (Å²) in [5.41, 5.74) is 1.88. The number of Topliss-reactive ketones (excluding diaryl/α,β-unsaturated/α-hetero) is 1. The van der Waals surface area contributed by atoms with Gasteiger partial charge in [-0.05, 0) is 39.2 Å². The zero-order chi connectivity index (χ0) is 26.5. The molecule has 5 atom stereocenters. The first-order valence-corrected chi connectivity index (χ1v) is 13.2. The predicted octanol–water partition coefficient (Wildman–Crippen LogP) is 4.82. The molecule has 194 valence electrons. The third kappa shape index (κ3) is 7.69. The molecule has 0 aliphatic carbocycles. The third-order valence-electron chi connectivity index (χ3n) is 7.19. The third-order valence-corrected chi connectivity index (χ3v) is 7.98. The number of carbonyl (C=O) groups is 2. The van der Waals surface area contributed by atoms with E-state index in [0.717, 1.165) is 21.8 Å². The number of hydrogen-bond acceptors (Lipinski definition) is 6. The van der Waals surface area contributed by atoms with Gasteiger partial charge in [0.1, 0.15) is 5.78 Å². The van der Waals surface area contributed by atoms with E-state index in [1.165, 1.54) is 0 Å². The fourth-order valence-corrected chi connectivity index (χ4v) is 5.04. The Morgan fingerprint density at radius 3 is 2.49 bits per heavy atom. The number of rotatable bonds is 2. The molecule has 0 unspecified atom stereocenters. The van der Waals surface area contributed by atoms with E-state index in [0.29, 0.717) is 13.0 Å². The van der Waals surface area contributed by atoms with E-state index in [2.05, 4.69) is 17.1 Å². The number of aryl methyl sites for hydroxylation is 1. The summed E-state index contributed by atoms with van der Waals surface area (Å²) in [6.07, 6.45) is 6.74. The van der Waals surface area contributed by atoms with Crippen molar-refractivity contribution < 1.29 is 19.8 Å². The van der Waals surface area contributed by atoms with Gasteiger partial charge in [-0.3, -0.25) is 9.59 Å². The van der Waals surface area contributed by atoms with Gasteiger partial charge in [0.05, 0.1) is 34.7 Å². The number of thiazole rings is 1. The molecular weight excluding hydrogens is 460 g/mol. The van der Waals surface area contributed by atoms with Crippen molar-refractivity contribution in [2.75, 3.05) is 13.6 Å². The van der Waals surface area contributed by atoms with Gasteiger partial charge >= 0.3 is 0 Å². The van der Waals surface area contributed by atoms with Gasteiger partial charge in [-0.2, -0.15) is 0 Å². The van der Waals surface area contributed by atoms with Crippen molar-refractivity contribution in [2.24, 2.45) is 23.2 Å². The lowest BCUT2D eigenvalue weighted by atomic mass is 9.73. The van der Waals surface area contributed by atoms with Gasteiger partial charge in [-0.1, -0.05) is 57.1 Å². The number of hydrogen-bond donors (Lipinski definition) is 2. The van der Waals surface area contributed by atoms with Gasteiger partial charge in [0.25, 0.3) is 0 Å². The van der Waals surface area contributed by atoms with Crippen LogP contribution in [0.4, 0.5) is 0 Å². The summed E-state index contributed by atoms with van der Waals surface area (Å²) in [6.45, 7) is 13.4. The van der Waals surface area contributed by atoms with E-state index in [1.807, 2.05) is 45.2 Å². The first-order chi connectivity index (χ1) is 16.2. The van der Waals surface area contributed by atoms with Crippen LogP contribution in [0.1, 0.15) is 65.1 Å². The molecule has 2 N–H and O–H groups in total. The summed E-state index contributed by atoms with van der Waals surface area (Å²) in [6, 6.07) is 0. The van der Waals surface area contributed by atoms with Crippen LogP contribution in [0.3, 0.4) is 0 Å². The van der Waals surface area contributed by atoms with E-state index < -0.39 is 23.5 Å². The minimum absolute atomic E-state index is 0.0432. The highest BCUT2D eigenvalue weighted by molar-refractivity contribution is 7.09. The van der Waals surface area contributed by atoms with Crippen LogP contribution < -0.4 is 0 Å². The Morgan fingerprint density at radius 1 is 1.23 bits per heavy atom. The average Bonchev–Trinajstić information content (AvgIpc) is 3.20. The number of ketones is 1. The quantitative estimate of drug-likeness (QED) is 0.605. The molecular formula is C28H42N2O4S. The minimum atomic E-state index is -1.16. The first-order valence-electron chi connectivity index (χ1n) is 12.3. The van der Waals surface area contributed by atoms with Gasteiger partial charge in [-0.25, -0.2) is 4.98 Å². The number of aliphatic hydroxyl groups excluding tert-OH is 2. The Morgan fingerprint density at radius 2 is 1.89 bits per heavy atom. The molecule has 0 spiro atoms. The van der Waals surface area contributed by atoms with Crippen molar-refractivity contribution in [3.63, 3.8) is 0 Å². The van der Waals surface area contributed by atoms with Crippen LogP contribution in [0, 0.1) is 30.1 Å². The van der Waals surface area contributed by atoms with Crippen LogP contribution in [0.2, 0.25) is 0 Å². The monoisotopic (exact) mass is 502 g/mol. The number of carbonyl (C=O) groups excluding carboxylic acids is 2. The van der Waals surface area contributed by atoms with Gasteiger partial charge in [0.15, 0.2) is 0 Å². The molecule has 0 aromatic carbocycles. The molecule has 0 bridgehead atoms. The van der Waals surface area contributed by atoms with E-state index >= 15 is 0 Å². The molecule has 0 saturated heterocycles. The van der Waals surface area contributed by atoms with E-state index in [1.54, 1.807) is 44.1 Å². The second-order valence-corrected chi connectivity index (χ2v) is 11.7. The van der Waals surface area contributed by atoms with E-state index in [4.69, 9.17) is 0 Å². The van der Waals surface area contributed by atoms with Gasteiger partial charge < -0.3 is 15.1 Å². The van der Waals surface area contributed by atoms with Crippen LogP contribution in [0.15, 0.2) is 34.8 Å². The topological polar surface area (TPSA) is 90.7 Å². The maximum absolute atomic E-state index is 13.2. The Kier molecular flexibility index (Phi) is 10.2. The van der Waals surface area contributed by atoms with Crippen LogP contribution in [-0.2, 0) is 9.59 Å². The van der Waals surface area contributed by atoms with Gasteiger partial charge in [0, 0.05) is 30.8 Å². The predicted molar refractivity (Wildman–Crippen MR) is 143 cm³/mol. The summed E-state index contributed by atoms with van der Waals surface area (Å²) in [4.78, 5) is 32.4. The molecule has 2 rings (SSSR count). The summed E-state index contributed by atoms with van der Waals surface area (Å²) >= 11 is 1.60. The van der Waals surface area contributed by atoms with Crippen molar-refractivity contribution in [3.05, 3.63) is 45.5 Å². The number of aromatic nitrogens is 1. The standard InChI is InChI=1S/C28H42N2O4S/c1-17-10-9-11-18(2)26(33)20(4)27(34)28(6,7)24(31)14-25(32)30(8)15-22(12-17)19(3)13-23-16-35-21(5)29-23/h9-10,12-13,16,18,20,22,24,26,31,33H,11,14-15H2,1-8H3/b10-9+,17-12?,19-13?/t18-,20+,22+,24-,26-/m0/s1. The zero-order valence-corrected chi connectivity index (χ0v) is 23.2. The minimum Gasteiger partial charge on any atom is -0.392 e. The highest BCUT2D eigenvalue weighted by atomic mass is 32.1. The maximum atomic E-state index is 13.2. The fraction of sp³-hybridized carbons (Fsp3) is 0.607. The molecule has 35 heavy (non-hydrogen) atoms. The molecule has 0 radical (unpaired) electrons. The first kappa shape index (κ1) is 29.1. The van der Waals surface area contributed by atoms with E-state index in [-0.39, 0.29) is 29.9 Å². The number of allylic oxidation sites excluding steroid dienone is 3. The lowest BCUT2D eigenvalue weighted by molar-refractivity contribution is -0.144. The summed E-state index contributed by atoms with van der Waals surface area (Å²) in [5, 5.41) is 24.7. The normalized spacial score (nSPS) is 30.8. The SMILES string of the molecule is CC1=C[C@@H](C(C)=Cc2csc(C)n2)CN(C)C(=O)C[C@H](O)C(C)(C)C(=O)[C@H](C)[C@@H](O)[C@@H](C)C/C=C/1. The second-order valence-electron chi connectivity index (χ2n) is 10.7. The molecule has 1 aliphatic rings. The highest BCUT2D eigenvalue weighted by Gasteiger charge is 2.42. The van der Waals surface area contributed by atoms with Gasteiger partial charge in [0.2, 0.25) is 5.91 Å². The maximum Gasteiger partial charge on any atom is 0.224 e. The summed E-state index contributed by atoms with van der Waals surface area (Å²) in [5.74, 6) is -1.28. The molecule has 0 saturated carbocycles. The van der Waals surface area contributed by atoms with Crippen LogP contribution in [0.5, 0.6) is 0 Å². The number of amides is 1. The molecule has 6 nitrogen and oxygen atoms in total. The molecule has 1 aromatic heterocycles. The Labute approximate surface area is 214 Å². The summed E-state index contributed by atoms with van der Waals surface area (Å²) < 4.78 is 0. The molecule has 2 heterocycles. The Bertz CT molecular complexity index is 991. The number of nitrogens with zero attached hydrogens (tertiary/aromatic N) is 2. The van der Waals surface area contributed by atoms with Crippen LogP contribution >= 0.6 is 11.3 Å². The zero-order valence-electron chi connectivity index (χ0n) is 22.4. The largest absolute Gasteiger partial charge is 0.392 e. The van der Waals surface area contributed by atoms with Gasteiger partial charge in [-0.15, -0.1) is 11.3 Å². The lowest BCUT2D eigenvalue weighted by Crippen LogP contribution is -2.46. The van der Waals surface area contributed by atoms with Crippen molar-refractivity contribution in [1.82, 2.24) is 9.88 Å². The van der Waals surface area contributed by atoms with Crippen molar-refractivity contribution >= 4 is 29.1 Å². The molecule has 1 amide bonds.